The maximum Gasteiger partial charge on any atom is 0.365 e. The summed E-state index contributed by atoms with van der Waals surface area (Å²) in [5.41, 5.74) is 3.39. The molecule has 0 aliphatic rings. The molecule has 0 aliphatic heterocycles. The normalized spacial score (nSPS) is 11.0. The van der Waals surface area contributed by atoms with E-state index in [2.05, 4.69) is 31.2 Å². The zero-order valence-corrected chi connectivity index (χ0v) is 10.2. The lowest BCUT2D eigenvalue weighted by Gasteiger charge is -2.00. The Morgan fingerprint density at radius 3 is 2.60 bits per heavy atom. The predicted molar refractivity (Wildman–Crippen MR) is 63.5 cm³/mol. The molecule has 80 valence electrons. The fraction of sp³-hybridized carbons (Fsp3) is 0.111. The summed E-state index contributed by atoms with van der Waals surface area (Å²) in [5, 5.41) is 4.40. The van der Waals surface area contributed by atoms with Crippen LogP contribution < -0.4 is 5.43 Å². The highest BCUT2D eigenvalue weighted by atomic mass is 79.9. The first-order chi connectivity index (χ1) is 7.13. The van der Waals surface area contributed by atoms with Gasteiger partial charge >= 0.3 is 5.97 Å². The van der Waals surface area contributed by atoms with Gasteiger partial charge in [-0.3, -0.25) is 5.43 Å². The van der Waals surface area contributed by atoms with Crippen molar-refractivity contribution < 1.29 is 9.53 Å². The van der Waals surface area contributed by atoms with Crippen molar-refractivity contribution in [1.29, 1.82) is 0 Å². The molecule has 1 aromatic carbocycles. The molecule has 0 amide bonds. The summed E-state index contributed by atoms with van der Waals surface area (Å²) in [4.78, 5) is 10.9. The number of hydrazone groups is 1. The highest BCUT2D eigenvalue weighted by molar-refractivity contribution is 9.19. The molecule has 0 atom stereocenters. The molecule has 0 heterocycles. The average molecular weight is 292 g/mol. The third kappa shape index (κ3) is 3.89. The number of carbonyl (C=O) groups is 1. The van der Waals surface area contributed by atoms with E-state index in [0.717, 1.165) is 5.69 Å². The van der Waals surface area contributed by atoms with Crippen LogP contribution in [0.2, 0.25) is 5.02 Å². The van der Waals surface area contributed by atoms with Crippen molar-refractivity contribution in [3.8, 4) is 0 Å². The second-order valence-electron chi connectivity index (χ2n) is 2.51. The number of halogens is 2. The summed E-state index contributed by atoms with van der Waals surface area (Å²) in [6.07, 6.45) is 0. The second-order valence-corrected chi connectivity index (χ2v) is 3.70. The zero-order chi connectivity index (χ0) is 11.3. The molecule has 1 aromatic rings. The van der Waals surface area contributed by atoms with E-state index in [-0.39, 0.29) is 4.62 Å². The second kappa shape index (κ2) is 5.72. The molecule has 6 heteroatoms. The molecule has 4 nitrogen and oxygen atoms in total. The van der Waals surface area contributed by atoms with Crippen LogP contribution in [-0.4, -0.2) is 17.7 Å². The molecule has 0 radical (unpaired) electrons. The first-order valence-electron chi connectivity index (χ1n) is 3.96. The van der Waals surface area contributed by atoms with Gasteiger partial charge in [-0.1, -0.05) is 11.6 Å². The van der Waals surface area contributed by atoms with Gasteiger partial charge in [0.2, 0.25) is 4.62 Å². The van der Waals surface area contributed by atoms with E-state index in [1.807, 2.05) is 0 Å². The Balaban J connectivity index is 2.63. The van der Waals surface area contributed by atoms with Crippen molar-refractivity contribution in [2.75, 3.05) is 12.5 Å². The minimum absolute atomic E-state index is 0.0694. The number of ether oxygens (including phenoxy) is 1. The lowest BCUT2D eigenvalue weighted by molar-refractivity contribution is -0.132. The Morgan fingerprint density at radius 2 is 2.07 bits per heavy atom. The van der Waals surface area contributed by atoms with E-state index in [9.17, 15) is 4.79 Å². The van der Waals surface area contributed by atoms with Crippen molar-refractivity contribution in [2.45, 2.75) is 0 Å². The Kier molecular flexibility index (Phi) is 4.58. The molecule has 0 aliphatic carbocycles. The molecular formula is C9H8BrClN2O2. The predicted octanol–water partition coefficient (Wildman–Crippen LogP) is 2.63. The van der Waals surface area contributed by atoms with E-state index < -0.39 is 5.97 Å². The smallest absolute Gasteiger partial charge is 0.365 e. The molecule has 0 unspecified atom stereocenters. The Morgan fingerprint density at radius 1 is 1.47 bits per heavy atom. The summed E-state index contributed by atoms with van der Waals surface area (Å²) in [5.74, 6) is -0.545. The Hall–Kier alpha value is -1.07. The highest BCUT2D eigenvalue weighted by Gasteiger charge is 2.06. The van der Waals surface area contributed by atoms with Crippen LogP contribution >= 0.6 is 27.5 Å². The van der Waals surface area contributed by atoms with Crippen LogP contribution in [0.3, 0.4) is 0 Å². The SMILES string of the molecule is COC(=O)/C(Br)=N/Nc1ccc(Cl)cc1. The maximum atomic E-state index is 10.9. The summed E-state index contributed by atoms with van der Waals surface area (Å²) < 4.78 is 4.51. The number of anilines is 1. The molecule has 0 saturated heterocycles. The lowest BCUT2D eigenvalue weighted by atomic mass is 10.3. The molecule has 0 aromatic heterocycles. The van der Waals surface area contributed by atoms with Gasteiger partial charge in [0.15, 0.2) is 0 Å². The largest absolute Gasteiger partial charge is 0.464 e. The third-order valence-electron chi connectivity index (χ3n) is 1.48. The zero-order valence-electron chi connectivity index (χ0n) is 7.83. The van der Waals surface area contributed by atoms with Crippen LogP contribution in [0.15, 0.2) is 29.4 Å². The maximum absolute atomic E-state index is 10.9. The fourth-order valence-corrected chi connectivity index (χ4v) is 1.14. The van der Waals surface area contributed by atoms with E-state index in [0.29, 0.717) is 5.02 Å². The number of nitrogens with one attached hydrogen (secondary N) is 1. The number of esters is 1. The van der Waals surface area contributed by atoms with Crippen LogP contribution in [0.4, 0.5) is 5.69 Å². The number of rotatable bonds is 3. The molecule has 15 heavy (non-hydrogen) atoms. The van der Waals surface area contributed by atoms with Crippen molar-refractivity contribution in [1.82, 2.24) is 0 Å². The van der Waals surface area contributed by atoms with Crippen molar-refractivity contribution in [3.63, 3.8) is 0 Å². The quantitative estimate of drug-likeness (QED) is 0.529. The van der Waals surface area contributed by atoms with Gasteiger partial charge in [0, 0.05) is 5.02 Å². The molecular weight excluding hydrogens is 283 g/mol. The van der Waals surface area contributed by atoms with Gasteiger partial charge in [0.25, 0.3) is 0 Å². The summed E-state index contributed by atoms with van der Waals surface area (Å²) in [7, 11) is 1.28. The molecule has 1 N–H and O–H groups in total. The highest BCUT2D eigenvalue weighted by Crippen LogP contribution is 2.13. The number of hydrogen-bond acceptors (Lipinski definition) is 4. The van der Waals surface area contributed by atoms with Crippen molar-refractivity contribution in [3.05, 3.63) is 29.3 Å². The first kappa shape index (κ1) is 12.0. The molecule has 0 spiro atoms. The molecule has 0 saturated carbocycles. The van der Waals surface area contributed by atoms with Gasteiger partial charge in [0.1, 0.15) is 0 Å². The summed E-state index contributed by atoms with van der Waals surface area (Å²) in [6, 6.07) is 6.91. The molecule has 0 bridgehead atoms. The number of methoxy groups -OCH3 is 1. The van der Waals surface area contributed by atoms with Crippen LogP contribution in [0, 0.1) is 0 Å². The van der Waals surface area contributed by atoms with Crippen LogP contribution in [0.1, 0.15) is 0 Å². The summed E-state index contributed by atoms with van der Waals surface area (Å²) >= 11 is 8.66. The van der Waals surface area contributed by atoms with Gasteiger partial charge in [0.05, 0.1) is 12.8 Å². The van der Waals surface area contributed by atoms with Gasteiger partial charge < -0.3 is 4.74 Å². The van der Waals surface area contributed by atoms with Crippen molar-refractivity contribution >= 4 is 43.8 Å². The third-order valence-corrected chi connectivity index (χ3v) is 2.23. The van der Waals surface area contributed by atoms with Gasteiger partial charge in [-0.25, -0.2) is 4.79 Å². The summed E-state index contributed by atoms with van der Waals surface area (Å²) in [6.45, 7) is 0. The van der Waals surface area contributed by atoms with E-state index >= 15 is 0 Å². The van der Waals surface area contributed by atoms with E-state index in [1.54, 1.807) is 24.3 Å². The van der Waals surface area contributed by atoms with Crippen LogP contribution in [0.5, 0.6) is 0 Å². The van der Waals surface area contributed by atoms with E-state index in [1.165, 1.54) is 7.11 Å². The molecule has 1 rings (SSSR count). The number of nitrogens with zero attached hydrogens (tertiary/aromatic N) is 1. The Bertz CT molecular complexity index is 378. The minimum atomic E-state index is -0.545. The number of hydrogen-bond donors (Lipinski definition) is 1. The van der Waals surface area contributed by atoms with Gasteiger partial charge in [-0.15, -0.1) is 0 Å². The Labute approximate surface area is 100 Å². The van der Waals surface area contributed by atoms with E-state index in [4.69, 9.17) is 11.6 Å². The van der Waals surface area contributed by atoms with Gasteiger partial charge in [-0.05, 0) is 40.2 Å². The standard InChI is InChI=1S/C9H8BrClN2O2/c1-15-9(14)8(10)13-12-7-4-2-6(11)3-5-7/h2-5,12H,1H3/b13-8-. The molecule has 0 fully saturated rings. The van der Waals surface area contributed by atoms with Crippen LogP contribution in [-0.2, 0) is 9.53 Å². The average Bonchev–Trinajstić information content (AvgIpc) is 2.26. The minimum Gasteiger partial charge on any atom is -0.464 e. The first-order valence-corrected chi connectivity index (χ1v) is 5.13. The monoisotopic (exact) mass is 290 g/mol. The van der Waals surface area contributed by atoms with Gasteiger partial charge in [-0.2, -0.15) is 5.10 Å². The number of carbonyl (C=O) groups excluding carboxylic acids is 1. The van der Waals surface area contributed by atoms with Crippen molar-refractivity contribution in [2.24, 2.45) is 5.10 Å². The van der Waals surface area contributed by atoms with Crippen LogP contribution in [0.25, 0.3) is 0 Å². The fourth-order valence-electron chi connectivity index (χ4n) is 0.768. The lowest BCUT2D eigenvalue weighted by Crippen LogP contribution is -2.10. The topological polar surface area (TPSA) is 50.7 Å². The number of benzene rings is 1.